The number of likely N-dealkylation sites (tertiary alicyclic amines) is 1. The molecule has 0 amide bonds. The van der Waals surface area contributed by atoms with Crippen LogP contribution >= 0.6 is 32.1 Å². The first-order chi connectivity index (χ1) is 8.25. The van der Waals surface area contributed by atoms with Crippen LogP contribution in [0.3, 0.4) is 0 Å². The minimum absolute atomic E-state index is 0.558. The third kappa shape index (κ3) is 6.75. The zero-order chi connectivity index (χ0) is 13.8. The molecule has 0 spiro atoms. The van der Waals surface area contributed by atoms with E-state index in [9.17, 15) is 0 Å². The van der Waals surface area contributed by atoms with Gasteiger partial charge in [0.2, 0.25) is 0 Å². The Labute approximate surface area is 116 Å². The quantitative estimate of drug-likeness (QED) is 0.492. The van der Waals surface area contributed by atoms with Crippen molar-refractivity contribution in [3.8, 4) is 0 Å². The third-order valence-corrected chi connectivity index (χ3v) is 2.99. The van der Waals surface area contributed by atoms with Crippen molar-refractivity contribution in [2.75, 3.05) is 13.1 Å². The first-order valence-electron chi connectivity index (χ1n) is 5.18. The van der Waals surface area contributed by atoms with Crippen molar-refractivity contribution in [1.29, 1.82) is 0 Å². The molecule has 3 N–H and O–H groups in total. The van der Waals surface area contributed by atoms with Crippen molar-refractivity contribution in [3.05, 3.63) is 34.9 Å². The van der Waals surface area contributed by atoms with Crippen LogP contribution in [0.25, 0.3) is 0 Å². The molecule has 1 aliphatic rings. The molecule has 0 aromatic heterocycles. The number of hydrogen-bond acceptors (Lipinski definition) is 3. The molecule has 1 aromatic carbocycles. The molecule has 1 saturated heterocycles. The van der Waals surface area contributed by atoms with Crippen molar-refractivity contribution < 1.29 is 19.2 Å². The summed E-state index contributed by atoms with van der Waals surface area (Å²) in [6.07, 6.45) is 0. The monoisotopic (exact) mass is 311 g/mol. The zero-order valence-corrected chi connectivity index (χ0v) is 12.0. The summed E-state index contributed by atoms with van der Waals surface area (Å²) in [6, 6.07) is 8.01. The van der Waals surface area contributed by atoms with Gasteiger partial charge in [0.05, 0.1) is 0 Å². The lowest BCUT2D eigenvalue weighted by molar-refractivity contribution is 0.182. The Hall–Kier alpha value is -0.0700. The maximum absolute atomic E-state index is 8.88. The molecule has 1 aromatic rings. The van der Waals surface area contributed by atoms with Crippen LogP contribution < -0.4 is 0 Å². The first-order valence-corrected chi connectivity index (χ1v) is 7.64. The van der Waals surface area contributed by atoms with Gasteiger partial charge in [-0.1, -0.05) is 29.8 Å². The van der Waals surface area contributed by atoms with E-state index in [1.54, 1.807) is 0 Å². The van der Waals surface area contributed by atoms with Crippen molar-refractivity contribution in [1.82, 2.24) is 4.90 Å². The number of halogens is 1. The number of nitrogens with zero attached hydrogens (tertiary/aromatic N) is 1. The molecule has 1 fully saturated rings. The van der Waals surface area contributed by atoms with Gasteiger partial charge in [0.1, 0.15) is 0 Å². The Morgan fingerprint density at radius 2 is 1.83 bits per heavy atom. The van der Waals surface area contributed by atoms with Crippen LogP contribution in [0.2, 0.25) is 5.02 Å². The van der Waals surface area contributed by atoms with E-state index in [-0.39, 0.29) is 0 Å². The van der Waals surface area contributed by atoms with Gasteiger partial charge in [-0.2, -0.15) is 12.6 Å². The topological polar surface area (TPSA) is 81.0 Å². The van der Waals surface area contributed by atoms with E-state index in [0.29, 0.717) is 5.25 Å². The lowest BCUT2D eigenvalue weighted by Crippen LogP contribution is -2.46. The highest BCUT2D eigenvalue weighted by Gasteiger charge is 2.23. The molecule has 0 radical (unpaired) electrons. The van der Waals surface area contributed by atoms with Gasteiger partial charge in [-0.05, 0) is 11.6 Å². The molecule has 102 valence electrons. The number of hydrogen-bond donors (Lipinski definition) is 4. The van der Waals surface area contributed by atoms with Crippen molar-refractivity contribution in [2.24, 2.45) is 0 Å². The molecule has 1 heterocycles. The second-order valence-electron chi connectivity index (χ2n) is 3.95. The molecule has 0 unspecified atom stereocenters. The molecule has 1 aliphatic heterocycles. The Kier molecular flexibility index (Phi) is 6.14. The average molecular weight is 312 g/mol. The lowest BCUT2D eigenvalue weighted by Gasteiger charge is -2.36. The Bertz CT molecular complexity index is 427. The molecule has 18 heavy (non-hydrogen) atoms. The van der Waals surface area contributed by atoms with E-state index in [4.69, 9.17) is 30.8 Å². The van der Waals surface area contributed by atoms with Crippen LogP contribution in [0.4, 0.5) is 0 Å². The second kappa shape index (κ2) is 6.91. The number of thiol groups is 1. The smallest absolute Gasteiger partial charge is 0.303 e. The van der Waals surface area contributed by atoms with Crippen LogP contribution in [0.5, 0.6) is 0 Å². The van der Waals surface area contributed by atoms with Gasteiger partial charge in [0, 0.05) is 29.9 Å². The number of benzene rings is 1. The average Bonchev–Trinajstić information content (AvgIpc) is 2.16. The van der Waals surface area contributed by atoms with Crippen molar-refractivity contribution in [3.63, 3.8) is 0 Å². The second-order valence-corrected chi connectivity index (χ2v) is 6.12. The lowest BCUT2D eigenvalue weighted by atomic mass is 10.1. The third-order valence-electron chi connectivity index (χ3n) is 2.29. The van der Waals surface area contributed by atoms with Crippen LogP contribution in [0, 0.1) is 0 Å². The predicted octanol–water partition coefficient (Wildman–Crippen LogP) is 1.53. The number of rotatable bonds is 2. The molecular formula is C10H15ClNO4PS. The Balaban J connectivity index is 0.000000280. The van der Waals surface area contributed by atoms with Crippen LogP contribution in [0.15, 0.2) is 24.3 Å². The Morgan fingerprint density at radius 3 is 2.28 bits per heavy atom. The van der Waals surface area contributed by atoms with Gasteiger partial charge in [-0.25, -0.2) is 4.57 Å². The fourth-order valence-corrected chi connectivity index (χ4v) is 2.20. The zero-order valence-electron chi connectivity index (χ0n) is 9.48. The van der Waals surface area contributed by atoms with E-state index in [2.05, 4.69) is 23.6 Å². The fourth-order valence-electron chi connectivity index (χ4n) is 1.54. The molecule has 8 heteroatoms. The van der Waals surface area contributed by atoms with Crippen molar-refractivity contribution in [2.45, 2.75) is 11.8 Å². The van der Waals surface area contributed by atoms with Gasteiger partial charge in [-0.3, -0.25) is 4.90 Å². The normalized spacial score (nSPS) is 16.7. The maximum atomic E-state index is 8.88. The summed E-state index contributed by atoms with van der Waals surface area (Å²) in [6.45, 7) is 3.11. The maximum Gasteiger partial charge on any atom is 0.466 e. The minimum Gasteiger partial charge on any atom is -0.303 e. The van der Waals surface area contributed by atoms with Crippen LogP contribution in [0.1, 0.15) is 5.56 Å². The van der Waals surface area contributed by atoms with Gasteiger partial charge in [-0.15, -0.1) is 0 Å². The standard InChI is InChI=1S/C10H12ClNS.H3O4P/c11-10-4-2-1-3-8(10)5-12-6-9(13)7-12;1-5(2,3)4/h1-4,9,13H,5-7H2;(H3,1,2,3,4). The van der Waals surface area contributed by atoms with E-state index in [1.165, 1.54) is 5.56 Å². The summed E-state index contributed by atoms with van der Waals surface area (Å²) in [7, 11) is -4.64. The summed E-state index contributed by atoms with van der Waals surface area (Å²) in [4.78, 5) is 23.9. The van der Waals surface area contributed by atoms with Crippen LogP contribution in [-0.2, 0) is 11.1 Å². The van der Waals surface area contributed by atoms with E-state index >= 15 is 0 Å². The molecule has 0 aliphatic carbocycles. The predicted molar refractivity (Wildman–Crippen MR) is 73.8 cm³/mol. The highest BCUT2D eigenvalue weighted by Crippen LogP contribution is 2.25. The molecule has 0 saturated carbocycles. The van der Waals surface area contributed by atoms with Gasteiger partial charge < -0.3 is 14.7 Å². The highest BCUT2D eigenvalue weighted by atomic mass is 35.5. The summed E-state index contributed by atoms with van der Waals surface area (Å²) in [5.74, 6) is 0. The molecular weight excluding hydrogens is 297 g/mol. The number of phosphoric acid groups is 1. The molecule has 5 nitrogen and oxygen atoms in total. The summed E-state index contributed by atoms with van der Waals surface area (Å²) in [5, 5.41) is 1.42. The summed E-state index contributed by atoms with van der Waals surface area (Å²) in [5.41, 5.74) is 1.21. The fraction of sp³-hybridized carbons (Fsp3) is 0.400. The summed E-state index contributed by atoms with van der Waals surface area (Å²) < 4.78 is 8.88. The minimum atomic E-state index is -4.64. The summed E-state index contributed by atoms with van der Waals surface area (Å²) >= 11 is 10.4. The van der Waals surface area contributed by atoms with Gasteiger partial charge in [0.15, 0.2) is 0 Å². The van der Waals surface area contributed by atoms with Crippen molar-refractivity contribution >= 4 is 32.1 Å². The van der Waals surface area contributed by atoms with E-state index in [1.807, 2.05) is 18.2 Å². The first kappa shape index (κ1) is 16.0. The van der Waals surface area contributed by atoms with Gasteiger partial charge >= 0.3 is 7.82 Å². The Morgan fingerprint density at radius 1 is 1.33 bits per heavy atom. The highest BCUT2D eigenvalue weighted by molar-refractivity contribution is 7.81. The van der Waals surface area contributed by atoms with E-state index < -0.39 is 7.82 Å². The molecule has 0 bridgehead atoms. The largest absolute Gasteiger partial charge is 0.466 e. The molecule has 0 atom stereocenters. The SMILES string of the molecule is O=P(O)(O)O.SC1CN(Cc2ccccc2Cl)C1. The van der Waals surface area contributed by atoms with E-state index in [0.717, 1.165) is 24.7 Å². The van der Waals surface area contributed by atoms with Gasteiger partial charge in [0.25, 0.3) is 0 Å². The van der Waals surface area contributed by atoms with Crippen LogP contribution in [-0.4, -0.2) is 37.9 Å². The molecule has 2 rings (SSSR count).